The van der Waals surface area contributed by atoms with Crippen molar-refractivity contribution >= 4 is 5.91 Å². The Hall–Kier alpha value is -1.75. The van der Waals surface area contributed by atoms with Crippen molar-refractivity contribution in [3.8, 4) is 11.5 Å². The lowest BCUT2D eigenvalue weighted by atomic mass is 10.2. The van der Waals surface area contributed by atoms with E-state index in [-0.39, 0.29) is 5.91 Å². The van der Waals surface area contributed by atoms with Gasteiger partial charge in [-0.15, -0.1) is 0 Å². The number of carbonyl (C=O) groups excluding carboxylic acids is 1. The van der Waals surface area contributed by atoms with E-state index in [0.29, 0.717) is 26.3 Å². The van der Waals surface area contributed by atoms with Gasteiger partial charge in [0, 0.05) is 19.5 Å². The fourth-order valence-electron chi connectivity index (χ4n) is 1.96. The molecule has 110 valence electrons. The summed E-state index contributed by atoms with van der Waals surface area (Å²) in [5.74, 6) is 1.62. The smallest absolute Gasteiger partial charge is 0.233 e. The zero-order valence-electron chi connectivity index (χ0n) is 11.9. The van der Waals surface area contributed by atoms with E-state index >= 15 is 0 Å². The summed E-state index contributed by atoms with van der Waals surface area (Å²) in [6.07, 6.45) is 1.85. The van der Waals surface area contributed by atoms with Gasteiger partial charge in [-0.2, -0.15) is 0 Å². The van der Waals surface area contributed by atoms with Crippen molar-refractivity contribution in [1.29, 1.82) is 0 Å². The van der Waals surface area contributed by atoms with Gasteiger partial charge in [0.05, 0.1) is 19.8 Å². The van der Waals surface area contributed by atoms with Gasteiger partial charge in [0.1, 0.15) is 0 Å². The molecule has 5 heteroatoms. The van der Waals surface area contributed by atoms with Crippen molar-refractivity contribution in [2.45, 2.75) is 26.3 Å². The van der Waals surface area contributed by atoms with Crippen LogP contribution in [0.2, 0.25) is 0 Å². The van der Waals surface area contributed by atoms with E-state index in [1.54, 1.807) is 0 Å². The number of rotatable bonds is 6. The van der Waals surface area contributed by atoms with Crippen molar-refractivity contribution in [3.05, 3.63) is 23.8 Å². The van der Waals surface area contributed by atoms with E-state index in [0.717, 1.165) is 36.4 Å². The fourth-order valence-corrected chi connectivity index (χ4v) is 1.96. The second-order valence-electron chi connectivity index (χ2n) is 4.79. The van der Waals surface area contributed by atoms with Crippen molar-refractivity contribution in [3.63, 3.8) is 0 Å². The highest BCUT2D eigenvalue weighted by atomic mass is 16.5. The van der Waals surface area contributed by atoms with E-state index in [1.165, 1.54) is 0 Å². The number of amides is 1. The van der Waals surface area contributed by atoms with Gasteiger partial charge in [-0.05, 0) is 24.1 Å². The molecule has 1 aliphatic heterocycles. The molecule has 5 nitrogen and oxygen atoms in total. The van der Waals surface area contributed by atoms with Crippen LogP contribution in [0.5, 0.6) is 11.5 Å². The van der Waals surface area contributed by atoms with E-state index in [2.05, 4.69) is 10.6 Å². The number of ether oxygens (including phenoxy) is 2. The molecule has 1 aromatic carbocycles. The fraction of sp³-hybridized carbons (Fsp3) is 0.533. The van der Waals surface area contributed by atoms with Gasteiger partial charge in [-0.25, -0.2) is 0 Å². The van der Waals surface area contributed by atoms with Crippen molar-refractivity contribution in [2.75, 3.05) is 26.3 Å². The molecule has 0 unspecified atom stereocenters. The Morgan fingerprint density at radius 3 is 2.85 bits per heavy atom. The van der Waals surface area contributed by atoms with Gasteiger partial charge in [0.25, 0.3) is 0 Å². The molecular formula is C15H22N2O3. The monoisotopic (exact) mass is 278 g/mol. The first-order valence-corrected chi connectivity index (χ1v) is 7.15. The first-order valence-electron chi connectivity index (χ1n) is 7.15. The molecule has 0 aliphatic carbocycles. The van der Waals surface area contributed by atoms with Gasteiger partial charge in [-0.3, -0.25) is 4.79 Å². The summed E-state index contributed by atoms with van der Waals surface area (Å²) >= 11 is 0. The molecule has 0 fully saturated rings. The van der Waals surface area contributed by atoms with Crippen LogP contribution in [0.1, 0.15) is 25.3 Å². The van der Waals surface area contributed by atoms with Crippen LogP contribution < -0.4 is 20.1 Å². The number of nitrogens with one attached hydrogen (secondary N) is 2. The number of carbonyl (C=O) groups is 1. The maximum Gasteiger partial charge on any atom is 0.233 e. The van der Waals surface area contributed by atoms with E-state index in [4.69, 9.17) is 9.47 Å². The Labute approximate surface area is 119 Å². The van der Waals surface area contributed by atoms with Crippen LogP contribution in [0.25, 0.3) is 0 Å². The van der Waals surface area contributed by atoms with Gasteiger partial charge in [-0.1, -0.05) is 13.0 Å². The summed E-state index contributed by atoms with van der Waals surface area (Å²) in [6.45, 7) is 5.10. The Balaban J connectivity index is 1.81. The minimum Gasteiger partial charge on any atom is -0.490 e. The average Bonchev–Trinajstić information content (AvgIpc) is 2.70. The molecule has 0 bridgehead atoms. The molecule has 1 heterocycles. The molecule has 20 heavy (non-hydrogen) atoms. The summed E-state index contributed by atoms with van der Waals surface area (Å²) in [5.41, 5.74) is 1.08. The average molecular weight is 278 g/mol. The predicted octanol–water partition coefficient (Wildman–Crippen LogP) is 1.46. The van der Waals surface area contributed by atoms with Gasteiger partial charge < -0.3 is 20.1 Å². The predicted molar refractivity (Wildman–Crippen MR) is 77.1 cm³/mol. The van der Waals surface area contributed by atoms with Crippen LogP contribution in [0.3, 0.4) is 0 Å². The van der Waals surface area contributed by atoms with Gasteiger partial charge >= 0.3 is 0 Å². The van der Waals surface area contributed by atoms with E-state index < -0.39 is 0 Å². The third-order valence-electron chi connectivity index (χ3n) is 3.00. The zero-order valence-corrected chi connectivity index (χ0v) is 11.9. The summed E-state index contributed by atoms with van der Waals surface area (Å²) in [7, 11) is 0. The van der Waals surface area contributed by atoms with Crippen LogP contribution in [-0.2, 0) is 11.3 Å². The highest BCUT2D eigenvalue weighted by Gasteiger charge is 2.10. The maximum atomic E-state index is 11.5. The van der Waals surface area contributed by atoms with Crippen molar-refractivity contribution in [2.24, 2.45) is 0 Å². The van der Waals surface area contributed by atoms with Gasteiger partial charge in [0.15, 0.2) is 11.5 Å². The normalized spacial score (nSPS) is 13.7. The molecule has 1 amide bonds. The Bertz CT molecular complexity index is 449. The highest BCUT2D eigenvalue weighted by Crippen LogP contribution is 2.30. The molecule has 1 aliphatic rings. The molecule has 2 rings (SSSR count). The minimum atomic E-state index is 0.0289. The number of hydrogen-bond acceptors (Lipinski definition) is 4. The van der Waals surface area contributed by atoms with Crippen LogP contribution in [0, 0.1) is 0 Å². The summed E-state index contributed by atoms with van der Waals surface area (Å²) < 4.78 is 11.2. The molecule has 0 atom stereocenters. The Kier molecular flexibility index (Phi) is 5.68. The van der Waals surface area contributed by atoms with Crippen molar-refractivity contribution < 1.29 is 14.3 Å². The lowest BCUT2D eigenvalue weighted by molar-refractivity contribution is -0.120. The number of benzene rings is 1. The number of fused-ring (bicyclic) bond motifs is 1. The maximum absolute atomic E-state index is 11.5. The summed E-state index contributed by atoms with van der Waals surface area (Å²) in [6, 6.07) is 5.89. The quantitative estimate of drug-likeness (QED) is 0.827. The van der Waals surface area contributed by atoms with E-state index in [9.17, 15) is 4.79 Å². The largest absolute Gasteiger partial charge is 0.490 e. The molecule has 0 spiro atoms. The second kappa shape index (κ2) is 7.75. The molecule has 1 aromatic rings. The summed E-state index contributed by atoms with van der Waals surface area (Å²) in [4.78, 5) is 11.5. The molecular weight excluding hydrogens is 256 g/mol. The van der Waals surface area contributed by atoms with E-state index in [1.807, 2.05) is 25.1 Å². The molecule has 0 radical (unpaired) electrons. The zero-order chi connectivity index (χ0) is 14.2. The highest BCUT2D eigenvalue weighted by molar-refractivity contribution is 5.77. The summed E-state index contributed by atoms with van der Waals surface area (Å²) in [5, 5.41) is 5.96. The van der Waals surface area contributed by atoms with Gasteiger partial charge in [0.2, 0.25) is 5.91 Å². The lowest BCUT2D eigenvalue weighted by Gasteiger charge is -2.10. The van der Waals surface area contributed by atoms with Crippen LogP contribution in [-0.4, -0.2) is 32.2 Å². The molecule has 0 saturated carbocycles. The molecule has 0 aromatic heterocycles. The third kappa shape index (κ3) is 4.42. The standard InChI is InChI=1S/C15H22N2O3/c1-2-6-17-15(18)11-16-10-12-4-5-13-14(9-12)20-8-3-7-19-13/h4-5,9,16H,2-3,6-8,10-11H2,1H3,(H,17,18). The second-order valence-corrected chi connectivity index (χ2v) is 4.79. The Morgan fingerprint density at radius 2 is 2.05 bits per heavy atom. The van der Waals surface area contributed by atoms with Crippen LogP contribution >= 0.6 is 0 Å². The molecule has 0 saturated heterocycles. The third-order valence-corrected chi connectivity index (χ3v) is 3.00. The Morgan fingerprint density at radius 1 is 1.25 bits per heavy atom. The molecule has 2 N–H and O–H groups in total. The van der Waals surface area contributed by atoms with Crippen molar-refractivity contribution in [1.82, 2.24) is 10.6 Å². The first kappa shape index (κ1) is 14.7. The topological polar surface area (TPSA) is 59.6 Å². The first-order chi connectivity index (χ1) is 9.79. The number of hydrogen-bond donors (Lipinski definition) is 2. The lowest BCUT2D eigenvalue weighted by Crippen LogP contribution is -2.33. The van der Waals surface area contributed by atoms with Crippen LogP contribution in [0.15, 0.2) is 18.2 Å². The van der Waals surface area contributed by atoms with Crippen LogP contribution in [0.4, 0.5) is 0 Å². The minimum absolute atomic E-state index is 0.0289. The SMILES string of the molecule is CCCNC(=O)CNCc1ccc2c(c1)OCCCO2.